The van der Waals surface area contributed by atoms with E-state index in [0.29, 0.717) is 11.6 Å². The van der Waals surface area contributed by atoms with E-state index in [9.17, 15) is 4.79 Å². The lowest BCUT2D eigenvalue weighted by molar-refractivity contribution is -0.152. The van der Waals surface area contributed by atoms with Gasteiger partial charge in [0.2, 0.25) is 5.89 Å². The number of carbonyl (C=O) groups excluding carboxylic acids is 1. The fraction of sp³-hybridized carbons (Fsp3) is 0.211. The van der Waals surface area contributed by atoms with E-state index in [-0.39, 0.29) is 12.5 Å². The highest BCUT2D eigenvalue weighted by atomic mass is 16.6. The summed E-state index contributed by atoms with van der Waals surface area (Å²) in [5, 5.41) is 7.92. The molecule has 128 valence electrons. The lowest BCUT2D eigenvalue weighted by Gasteiger charge is -2.11. The van der Waals surface area contributed by atoms with E-state index >= 15 is 0 Å². The summed E-state index contributed by atoms with van der Waals surface area (Å²) in [4.78, 5) is 12.0. The van der Waals surface area contributed by atoms with Crippen molar-refractivity contribution in [2.75, 3.05) is 6.61 Å². The molecule has 0 N–H and O–H groups in total. The maximum Gasteiger partial charge on any atom is 0.344 e. The third-order valence-electron chi connectivity index (χ3n) is 3.56. The molecule has 6 heteroatoms. The van der Waals surface area contributed by atoms with Crippen LogP contribution in [0.2, 0.25) is 0 Å². The minimum atomic E-state index is -0.655. The van der Waals surface area contributed by atoms with E-state index in [2.05, 4.69) is 10.2 Å². The molecule has 1 atom stereocenters. The van der Waals surface area contributed by atoms with E-state index in [1.165, 1.54) is 0 Å². The van der Waals surface area contributed by atoms with Gasteiger partial charge < -0.3 is 13.9 Å². The Kier molecular flexibility index (Phi) is 5.09. The average molecular weight is 338 g/mol. The fourth-order valence-corrected chi connectivity index (χ4v) is 2.23. The van der Waals surface area contributed by atoms with E-state index < -0.39 is 12.1 Å². The van der Waals surface area contributed by atoms with Gasteiger partial charge in [-0.05, 0) is 37.6 Å². The van der Waals surface area contributed by atoms with Crippen LogP contribution in [0.3, 0.4) is 0 Å². The second-order valence-corrected chi connectivity index (χ2v) is 5.50. The number of rotatable bonds is 6. The van der Waals surface area contributed by atoms with Crippen LogP contribution in [0.5, 0.6) is 5.75 Å². The number of hydrogen-bond donors (Lipinski definition) is 0. The minimum Gasteiger partial charge on any atom is -0.482 e. The first-order valence-corrected chi connectivity index (χ1v) is 7.90. The number of carbonyl (C=O) groups is 1. The van der Waals surface area contributed by atoms with Gasteiger partial charge in [-0.2, -0.15) is 0 Å². The quantitative estimate of drug-likeness (QED) is 0.638. The topological polar surface area (TPSA) is 74.5 Å². The zero-order valence-electron chi connectivity index (χ0n) is 14.0. The third kappa shape index (κ3) is 4.23. The molecule has 25 heavy (non-hydrogen) atoms. The van der Waals surface area contributed by atoms with Crippen LogP contribution in [0.15, 0.2) is 59.0 Å². The third-order valence-corrected chi connectivity index (χ3v) is 3.56. The zero-order valence-corrected chi connectivity index (χ0v) is 14.0. The molecule has 0 aliphatic heterocycles. The van der Waals surface area contributed by atoms with Crippen molar-refractivity contribution in [3.63, 3.8) is 0 Å². The average Bonchev–Trinajstić information content (AvgIpc) is 3.12. The van der Waals surface area contributed by atoms with Crippen molar-refractivity contribution in [3.05, 3.63) is 66.1 Å². The van der Waals surface area contributed by atoms with Gasteiger partial charge in [0, 0.05) is 5.56 Å². The van der Waals surface area contributed by atoms with Crippen molar-refractivity contribution in [3.8, 4) is 17.2 Å². The number of ether oxygens (including phenoxy) is 2. The number of aryl methyl sites for hydroxylation is 1. The van der Waals surface area contributed by atoms with Gasteiger partial charge in [-0.15, -0.1) is 10.2 Å². The molecule has 0 spiro atoms. The monoisotopic (exact) mass is 338 g/mol. The number of nitrogens with zero attached hydrogens (tertiary/aromatic N) is 2. The molecule has 0 aliphatic rings. The largest absolute Gasteiger partial charge is 0.482 e. The highest BCUT2D eigenvalue weighted by Gasteiger charge is 2.19. The predicted molar refractivity (Wildman–Crippen MR) is 90.9 cm³/mol. The van der Waals surface area contributed by atoms with Crippen molar-refractivity contribution in [2.45, 2.75) is 20.0 Å². The standard InChI is InChI=1S/C19H18N2O4/c1-13-8-6-7-11-16(13)23-12-17(22)24-14(2)18-20-21-19(25-18)15-9-4-3-5-10-15/h3-11,14H,12H2,1-2H3/t14-/m1/s1. The lowest BCUT2D eigenvalue weighted by atomic mass is 10.2. The Morgan fingerprint density at radius 3 is 2.56 bits per heavy atom. The number of aromatic nitrogens is 2. The zero-order chi connectivity index (χ0) is 17.6. The second kappa shape index (κ2) is 7.61. The van der Waals surface area contributed by atoms with Crippen LogP contribution in [-0.2, 0) is 9.53 Å². The van der Waals surface area contributed by atoms with Crippen LogP contribution in [0, 0.1) is 6.92 Å². The van der Waals surface area contributed by atoms with Crippen LogP contribution in [0.1, 0.15) is 24.5 Å². The molecular weight excluding hydrogens is 320 g/mol. The van der Waals surface area contributed by atoms with Crippen LogP contribution in [0.4, 0.5) is 0 Å². The summed E-state index contributed by atoms with van der Waals surface area (Å²) >= 11 is 0. The Bertz CT molecular complexity index is 845. The summed E-state index contributed by atoms with van der Waals surface area (Å²) in [6.45, 7) is 3.40. The summed E-state index contributed by atoms with van der Waals surface area (Å²) < 4.78 is 16.3. The van der Waals surface area contributed by atoms with E-state index in [4.69, 9.17) is 13.9 Å². The number of para-hydroxylation sites is 1. The Balaban J connectivity index is 1.57. The molecule has 2 aromatic carbocycles. The molecule has 0 unspecified atom stereocenters. The van der Waals surface area contributed by atoms with E-state index in [1.54, 1.807) is 13.0 Å². The van der Waals surface area contributed by atoms with Crippen molar-refractivity contribution < 1.29 is 18.7 Å². The first-order valence-electron chi connectivity index (χ1n) is 7.90. The van der Waals surface area contributed by atoms with Crippen LogP contribution < -0.4 is 4.74 Å². The minimum absolute atomic E-state index is 0.186. The normalized spacial score (nSPS) is 11.8. The Morgan fingerprint density at radius 2 is 1.80 bits per heavy atom. The summed E-state index contributed by atoms with van der Waals surface area (Å²) in [7, 11) is 0. The Labute approximate surface area is 145 Å². The molecule has 0 radical (unpaired) electrons. The van der Waals surface area contributed by atoms with Crippen molar-refractivity contribution >= 4 is 5.97 Å². The van der Waals surface area contributed by atoms with Crippen molar-refractivity contribution in [1.29, 1.82) is 0 Å². The molecule has 3 aromatic rings. The van der Waals surface area contributed by atoms with Crippen LogP contribution in [0.25, 0.3) is 11.5 Å². The molecule has 0 amide bonds. The Hall–Kier alpha value is -3.15. The lowest BCUT2D eigenvalue weighted by Crippen LogP contribution is -2.17. The van der Waals surface area contributed by atoms with Gasteiger partial charge in [0.05, 0.1) is 0 Å². The molecular formula is C19H18N2O4. The highest BCUT2D eigenvalue weighted by molar-refractivity contribution is 5.71. The second-order valence-electron chi connectivity index (χ2n) is 5.50. The molecule has 0 bridgehead atoms. The molecule has 1 aromatic heterocycles. The van der Waals surface area contributed by atoms with E-state index in [1.807, 2.05) is 55.5 Å². The molecule has 0 fully saturated rings. The summed E-state index contributed by atoms with van der Waals surface area (Å²) in [6, 6.07) is 16.9. The van der Waals surface area contributed by atoms with Crippen molar-refractivity contribution in [1.82, 2.24) is 10.2 Å². The first-order chi connectivity index (χ1) is 12.1. The fourth-order valence-electron chi connectivity index (χ4n) is 2.23. The van der Waals surface area contributed by atoms with Gasteiger partial charge in [0.1, 0.15) is 5.75 Å². The predicted octanol–water partition coefficient (Wildman–Crippen LogP) is 3.73. The molecule has 3 rings (SSSR count). The number of esters is 1. The maximum atomic E-state index is 12.0. The van der Waals surface area contributed by atoms with Gasteiger partial charge in [-0.25, -0.2) is 4.79 Å². The van der Waals surface area contributed by atoms with Crippen molar-refractivity contribution in [2.24, 2.45) is 0 Å². The number of hydrogen-bond acceptors (Lipinski definition) is 6. The van der Waals surface area contributed by atoms with Gasteiger partial charge >= 0.3 is 5.97 Å². The van der Waals surface area contributed by atoms with Gasteiger partial charge in [-0.3, -0.25) is 0 Å². The van der Waals surface area contributed by atoms with Crippen LogP contribution in [-0.4, -0.2) is 22.8 Å². The molecule has 1 heterocycles. The molecule has 0 aliphatic carbocycles. The van der Waals surface area contributed by atoms with Gasteiger partial charge in [0.25, 0.3) is 5.89 Å². The summed E-state index contributed by atoms with van der Waals surface area (Å²) in [5.74, 6) is 0.768. The van der Waals surface area contributed by atoms with Crippen LogP contribution >= 0.6 is 0 Å². The van der Waals surface area contributed by atoms with E-state index in [0.717, 1.165) is 11.1 Å². The first kappa shape index (κ1) is 16.7. The van der Waals surface area contributed by atoms with Gasteiger partial charge in [0.15, 0.2) is 12.7 Å². The summed E-state index contributed by atoms with van der Waals surface area (Å²) in [6.07, 6.45) is -0.655. The summed E-state index contributed by atoms with van der Waals surface area (Å²) in [5.41, 5.74) is 1.76. The Morgan fingerprint density at radius 1 is 1.08 bits per heavy atom. The number of benzene rings is 2. The maximum absolute atomic E-state index is 12.0. The SMILES string of the molecule is Cc1ccccc1OCC(=O)O[C@H](C)c1nnc(-c2ccccc2)o1. The molecule has 0 saturated carbocycles. The highest BCUT2D eigenvalue weighted by Crippen LogP contribution is 2.22. The molecule has 0 saturated heterocycles. The van der Waals surface area contributed by atoms with Gasteiger partial charge in [-0.1, -0.05) is 36.4 Å². The molecule has 6 nitrogen and oxygen atoms in total. The smallest absolute Gasteiger partial charge is 0.344 e.